The lowest BCUT2D eigenvalue weighted by molar-refractivity contribution is -0.161. The number of phosphoric acid groups is 2. The summed E-state index contributed by atoms with van der Waals surface area (Å²) in [6, 6.07) is 0. The van der Waals surface area contributed by atoms with Crippen molar-refractivity contribution in [2.45, 2.75) is 411 Å². The van der Waals surface area contributed by atoms with Crippen LogP contribution < -0.4 is 0 Å². The molecule has 692 valence electrons. The van der Waals surface area contributed by atoms with Gasteiger partial charge in [0, 0.05) is 19.3 Å². The van der Waals surface area contributed by atoms with Crippen LogP contribution in [0.1, 0.15) is 393 Å². The quantitative estimate of drug-likeness (QED) is 0.0146. The Morgan fingerprint density at radius 1 is 0.240 bits per heavy atom. The van der Waals surface area contributed by atoms with Crippen molar-refractivity contribution in [2.75, 3.05) is 39.6 Å². The van der Waals surface area contributed by atoms with E-state index < -0.39 is 91.5 Å². The average molecular weight is 1730 g/mol. The second-order valence-corrected chi connectivity index (χ2v) is 34.7. The zero-order valence-corrected chi connectivity index (χ0v) is 78.2. The van der Waals surface area contributed by atoms with Crippen molar-refractivity contribution in [1.82, 2.24) is 0 Å². The van der Waals surface area contributed by atoms with Crippen LogP contribution in [0.4, 0.5) is 0 Å². The molecule has 0 saturated carbocycles. The lowest BCUT2D eigenvalue weighted by Gasteiger charge is -2.21. The molecule has 0 aromatic heterocycles. The summed E-state index contributed by atoms with van der Waals surface area (Å²) in [5.74, 6) is -1.58. The fourth-order valence-electron chi connectivity index (χ4n) is 12.9. The molecule has 18 heteroatoms. The molecular formula is C103H174O16P2. The Labute approximate surface area is 738 Å². The maximum absolute atomic E-state index is 13.1. The smallest absolute Gasteiger partial charge is 0.463 e. The molecule has 121 heavy (non-hydrogen) atoms. The molecule has 16 nitrogen and oxygen atoms in total. The topological polar surface area (TPSA) is 231 Å². The van der Waals surface area contributed by atoms with Gasteiger partial charge in [0.2, 0.25) is 0 Å². The number of esters is 3. The zero-order chi connectivity index (χ0) is 87.9. The van der Waals surface area contributed by atoms with Crippen molar-refractivity contribution < 1.29 is 75.8 Å². The van der Waals surface area contributed by atoms with E-state index in [1.165, 1.54) is 154 Å². The predicted octanol–water partition coefficient (Wildman–Crippen LogP) is 30.0. The van der Waals surface area contributed by atoms with Crippen LogP contribution in [-0.2, 0) is 55.8 Å². The van der Waals surface area contributed by atoms with Crippen LogP contribution in [0.15, 0.2) is 182 Å². The standard InChI is InChI=1S/C103H174O16P2/c1-4-7-10-13-16-19-22-25-28-31-34-37-40-43-46-47-48-49-52-54-56-59-62-65-68-71-74-77-80-83-86-89-101(106)113-92-98(104)93-115-120(109,110)116-94-99(105)95-117-121(111,112)118-97-100(119-103(108)91-88-85-82-79-76-73-70-67-64-61-58-55-51-45-42-39-36-33-30-27-24-21-18-15-12-9-6-3)96-114-102(107)90-87-84-81-78-75-72-69-66-63-60-57-53-50-44-41-38-35-32-29-26-23-20-17-14-11-8-5-2/h7-8,10-11,16-21,25-30,34-39,43-46,48-51,98-100,104-105H,4-6,9,12-15,22-24,31-33,40-42,47,52-97H2,1-3H3,(H,109,110)(H,111,112)/b10-7-,11-8-,19-16-,20-17-,21-18-,28-25-,29-26-,30-27-,37-34-,38-35-,39-36-,46-43-,49-48-,50-44-,51-45-. The van der Waals surface area contributed by atoms with Crippen molar-refractivity contribution in [1.29, 1.82) is 0 Å². The highest BCUT2D eigenvalue weighted by molar-refractivity contribution is 7.47. The van der Waals surface area contributed by atoms with Gasteiger partial charge in [-0.2, -0.15) is 0 Å². The van der Waals surface area contributed by atoms with Gasteiger partial charge in [-0.1, -0.05) is 396 Å². The average Bonchev–Trinajstić information content (AvgIpc) is 0.908. The summed E-state index contributed by atoms with van der Waals surface area (Å²) >= 11 is 0. The molecule has 0 saturated heterocycles. The highest BCUT2D eigenvalue weighted by atomic mass is 31.2. The number of unbranched alkanes of at least 4 members (excludes halogenated alkanes) is 37. The molecular weight excluding hydrogens is 1560 g/mol. The van der Waals surface area contributed by atoms with E-state index in [4.69, 9.17) is 32.3 Å². The van der Waals surface area contributed by atoms with Crippen LogP contribution in [0.25, 0.3) is 0 Å². The Hall–Kier alpha value is -5.35. The molecule has 0 aromatic rings. The second kappa shape index (κ2) is 93.8. The number of carbonyl (C=O) groups is 3. The monoisotopic (exact) mass is 1730 g/mol. The first-order chi connectivity index (χ1) is 59.2. The van der Waals surface area contributed by atoms with E-state index in [1.54, 1.807) is 0 Å². The summed E-state index contributed by atoms with van der Waals surface area (Å²) in [4.78, 5) is 59.1. The molecule has 4 N–H and O–H groups in total. The molecule has 0 heterocycles. The van der Waals surface area contributed by atoms with Gasteiger partial charge in [0.05, 0.1) is 26.4 Å². The Morgan fingerprint density at radius 2 is 0.438 bits per heavy atom. The minimum atomic E-state index is -4.95. The number of phosphoric ester groups is 2. The third kappa shape index (κ3) is 95.2. The fourth-order valence-corrected chi connectivity index (χ4v) is 14.5. The van der Waals surface area contributed by atoms with Gasteiger partial charge >= 0.3 is 33.6 Å². The van der Waals surface area contributed by atoms with Gasteiger partial charge in [0.1, 0.15) is 25.4 Å². The summed E-state index contributed by atoms with van der Waals surface area (Å²) in [5, 5.41) is 20.8. The zero-order valence-electron chi connectivity index (χ0n) is 76.4. The summed E-state index contributed by atoms with van der Waals surface area (Å²) in [6.07, 6.45) is 124. The number of rotatable bonds is 90. The normalized spacial score (nSPS) is 14.5. The van der Waals surface area contributed by atoms with E-state index in [0.29, 0.717) is 19.3 Å². The first kappa shape index (κ1) is 116. The van der Waals surface area contributed by atoms with Crippen molar-refractivity contribution in [3.63, 3.8) is 0 Å². The molecule has 0 aliphatic rings. The van der Waals surface area contributed by atoms with Gasteiger partial charge in [-0.05, 0) is 161 Å². The number of aliphatic hydroxyl groups excluding tert-OH is 2. The first-order valence-corrected chi connectivity index (χ1v) is 51.1. The Bertz CT molecular complexity index is 2930. The number of ether oxygens (including phenoxy) is 3. The minimum Gasteiger partial charge on any atom is -0.463 e. The number of hydrogen-bond donors (Lipinski definition) is 4. The van der Waals surface area contributed by atoms with E-state index >= 15 is 0 Å². The van der Waals surface area contributed by atoms with Crippen LogP contribution in [0, 0.1) is 0 Å². The van der Waals surface area contributed by atoms with Gasteiger partial charge in [0.15, 0.2) is 6.10 Å². The van der Waals surface area contributed by atoms with E-state index in [2.05, 4.69) is 203 Å². The molecule has 0 radical (unpaired) electrons. The molecule has 5 atom stereocenters. The maximum atomic E-state index is 13.1. The van der Waals surface area contributed by atoms with Crippen molar-refractivity contribution >= 4 is 33.6 Å². The number of carbonyl (C=O) groups excluding carboxylic acids is 3. The van der Waals surface area contributed by atoms with Crippen LogP contribution in [0.5, 0.6) is 0 Å². The van der Waals surface area contributed by atoms with Gasteiger partial charge in [0.25, 0.3) is 0 Å². The third-order valence-corrected chi connectivity index (χ3v) is 22.0. The van der Waals surface area contributed by atoms with E-state index in [1.807, 2.05) is 0 Å². The largest absolute Gasteiger partial charge is 0.472 e. The summed E-state index contributed by atoms with van der Waals surface area (Å²) in [6.45, 7) is 2.47. The number of aliphatic hydroxyl groups is 2. The Balaban J connectivity index is 4.65. The molecule has 0 fully saturated rings. The van der Waals surface area contributed by atoms with Gasteiger partial charge < -0.3 is 34.2 Å². The molecule has 5 unspecified atom stereocenters. The van der Waals surface area contributed by atoms with Crippen molar-refractivity contribution in [3.8, 4) is 0 Å². The Kier molecular flexibility index (Phi) is 89.6. The second-order valence-electron chi connectivity index (χ2n) is 31.8. The van der Waals surface area contributed by atoms with Crippen LogP contribution >= 0.6 is 15.6 Å². The maximum Gasteiger partial charge on any atom is 0.472 e. The van der Waals surface area contributed by atoms with Crippen LogP contribution in [-0.4, -0.2) is 95.9 Å². The SMILES string of the molecule is CC/C=C\C/C=C\C/C=C\C/C=C\C/C=C\C/C=C\CCCCCCCCCCCCCCC(=O)OCC(O)COP(=O)(O)OCC(O)COP(=O)(O)OCC(COC(=O)CCCCCCCCCCCCC/C=C\C/C=C\C/C=C\C/C=C\C/C=C\CC)OC(=O)CCCCCCCCCCCCC/C=C\C/C=C\C/C=C\C/C=C\CCCCC. The van der Waals surface area contributed by atoms with Gasteiger partial charge in [-0.15, -0.1) is 0 Å². The van der Waals surface area contributed by atoms with Crippen LogP contribution in [0.2, 0.25) is 0 Å². The van der Waals surface area contributed by atoms with Crippen molar-refractivity contribution in [2.24, 2.45) is 0 Å². The van der Waals surface area contributed by atoms with Gasteiger partial charge in [-0.25, -0.2) is 9.13 Å². The first-order valence-electron chi connectivity index (χ1n) is 48.1. The fraction of sp³-hybridized carbons (Fsp3) is 0.680. The van der Waals surface area contributed by atoms with Crippen LogP contribution in [0.3, 0.4) is 0 Å². The minimum absolute atomic E-state index is 0.0957. The molecule has 0 spiro atoms. The predicted molar refractivity (Wildman–Crippen MR) is 509 cm³/mol. The molecule has 0 aliphatic heterocycles. The van der Waals surface area contributed by atoms with Gasteiger partial charge in [-0.3, -0.25) is 32.5 Å². The number of allylic oxidation sites excluding steroid dienone is 30. The Morgan fingerprint density at radius 3 is 0.694 bits per heavy atom. The van der Waals surface area contributed by atoms with E-state index in [9.17, 15) is 43.5 Å². The third-order valence-electron chi connectivity index (χ3n) is 20.1. The lowest BCUT2D eigenvalue weighted by atomic mass is 10.0. The molecule has 0 aliphatic carbocycles. The van der Waals surface area contributed by atoms with E-state index in [-0.39, 0.29) is 19.3 Å². The highest BCUT2D eigenvalue weighted by Crippen LogP contribution is 2.45. The summed E-state index contributed by atoms with van der Waals surface area (Å²) in [7, 11) is -9.82. The molecule has 0 bridgehead atoms. The molecule has 0 rings (SSSR count). The molecule has 0 aromatic carbocycles. The molecule has 0 amide bonds. The highest BCUT2D eigenvalue weighted by Gasteiger charge is 2.30. The van der Waals surface area contributed by atoms with Crippen molar-refractivity contribution in [3.05, 3.63) is 182 Å². The summed E-state index contributed by atoms with van der Waals surface area (Å²) in [5.41, 5.74) is 0. The summed E-state index contributed by atoms with van der Waals surface area (Å²) < 4.78 is 61.6. The lowest BCUT2D eigenvalue weighted by Crippen LogP contribution is -2.30. The number of hydrogen-bond acceptors (Lipinski definition) is 14. The van der Waals surface area contributed by atoms with E-state index in [0.717, 1.165) is 180 Å².